The average molecular weight is 441 g/mol. The van der Waals surface area contributed by atoms with E-state index >= 15 is 0 Å². The number of ether oxygens (including phenoxy) is 1. The van der Waals surface area contributed by atoms with Gasteiger partial charge >= 0.3 is 7.60 Å². The number of methoxy groups -OCH3 is 1. The van der Waals surface area contributed by atoms with Crippen molar-refractivity contribution in [2.24, 2.45) is 11.8 Å². The maximum atomic E-state index is 13.6. The summed E-state index contributed by atoms with van der Waals surface area (Å²) >= 11 is 0. The van der Waals surface area contributed by atoms with E-state index in [0.29, 0.717) is 11.3 Å². The molecule has 30 heavy (non-hydrogen) atoms. The first-order chi connectivity index (χ1) is 14.4. The SMILES string of the molecule is CCCCC(CC)COP(=O)(OCC(CC)CCCC)C(=O)c1ccc(OC)cc1. The minimum absolute atomic E-state index is 0.271. The Morgan fingerprint density at radius 1 is 0.867 bits per heavy atom. The van der Waals surface area contributed by atoms with Crippen molar-refractivity contribution in [2.45, 2.75) is 79.1 Å². The monoisotopic (exact) mass is 440 g/mol. The minimum atomic E-state index is -3.93. The van der Waals surface area contributed by atoms with Gasteiger partial charge in [0, 0.05) is 5.56 Å². The van der Waals surface area contributed by atoms with Crippen LogP contribution in [0.2, 0.25) is 0 Å². The molecule has 0 aromatic heterocycles. The summed E-state index contributed by atoms with van der Waals surface area (Å²) in [5.74, 6) is 1.18. The Bertz CT molecular complexity index is 620. The van der Waals surface area contributed by atoms with E-state index in [9.17, 15) is 9.36 Å². The first-order valence-electron chi connectivity index (χ1n) is 11.5. The van der Waals surface area contributed by atoms with Gasteiger partial charge in [0.05, 0.1) is 20.3 Å². The Kier molecular flexibility index (Phi) is 13.2. The second-order valence-electron chi connectivity index (χ2n) is 7.96. The lowest BCUT2D eigenvalue weighted by Crippen LogP contribution is -2.16. The van der Waals surface area contributed by atoms with Crippen LogP contribution in [0.25, 0.3) is 0 Å². The molecule has 0 aliphatic heterocycles. The number of carbonyl (C=O) groups is 1. The van der Waals surface area contributed by atoms with Crippen molar-refractivity contribution in [3.63, 3.8) is 0 Å². The van der Waals surface area contributed by atoms with Crippen LogP contribution in [-0.2, 0) is 13.6 Å². The summed E-state index contributed by atoms with van der Waals surface area (Å²) < 4.78 is 30.4. The topological polar surface area (TPSA) is 61.8 Å². The van der Waals surface area contributed by atoms with Crippen LogP contribution in [0.1, 0.15) is 89.4 Å². The van der Waals surface area contributed by atoms with Gasteiger partial charge < -0.3 is 13.8 Å². The molecular formula is C24H41O5P. The summed E-state index contributed by atoms with van der Waals surface area (Å²) in [5, 5.41) is 0. The molecular weight excluding hydrogens is 399 g/mol. The summed E-state index contributed by atoms with van der Waals surface area (Å²) in [6.45, 7) is 9.05. The molecule has 1 aromatic rings. The number of benzene rings is 1. The van der Waals surface area contributed by atoms with Gasteiger partial charge in [0.15, 0.2) is 0 Å². The quantitative estimate of drug-likeness (QED) is 0.235. The third-order valence-corrected chi connectivity index (χ3v) is 7.37. The van der Waals surface area contributed by atoms with Gasteiger partial charge in [-0.05, 0) is 48.9 Å². The Morgan fingerprint density at radius 3 is 1.70 bits per heavy atom. The van der Waals surface area contributed by atoms with E-state index in [2.05, 4.69) is 27.7 Å². The molecule has 2 unspecified atom stereocenters. The molecule has 0 saturated heterocycles. The van der Waals surface area contributed by atoms with Crippen LogP contribution in [0.3, 0.4) is 0 Å². The molecule has 0 spiro atoms. The van der Waals surface area contributed by atoms with E-state index in [1.807, 2.05) is 0 Å². The average Bonchev–Trinajstić information content (AvgIpc) is 2.79. The fourth-order valence-electron chi connectivity index (χ4n) is 3.25. The lowest BCUT2D eigenvalue weighted by atomic mass is 10.0. The lowest BCUT2D eigenvalue weighted by molar-refractivity contribution is 0.0952. The minimum Gasteiger partial charge on any atom is -0.497 e. The summed E-state index contributed by atoms with van der Waals surface area (Å²) in [6.07, 6.45) is 8.23. The lowest BCUT2D eigenvalue weighted by Gasteiger charge is -2.23. The van der Waals surface area contributed by atoms with Gasteiger partial charge in [-0.15, -0.1) is 0 Å². The number of hydrogen-bond acceptors (Lipinski definition) is 5. The van der Waals surface area contributed by atoms with Gasteiger partial charge in [0.2, 0.25) is 0 Å². The van der Waals surface area contributed by atoms with Crippen LogP contribution in [0, 0.1) is 11.8 Å². The van der Waals surface area contributed by atoms with E-state index in [4.69, 9.17) is 13.8 Å². The Labute approximate surface area is 183 Å². The molecule has 0 fully saturated rings. The summed E-state index contributed by atoms with van der Waals surface area (Å²) in [6, 6.07) is 6.60. The molecule has 0 amide bonds. The van der Waals surface area contributed by atoms with E-state index in [1.165, 1.54) is 0 Å². The summed E-state index contributed by atoms with van der Waals surface area (Å²) in [4.78, 5) is 13.1. The zero-order valence-electron chi connectivity index (χ0n) is 19.5. The molecule has 0 aliphatic carbocycles. The van der Waals surface area contributed by atoms with Crippen molar-refractivity contribution in [3.05, 3.63) is 29.8 Å². The first-order valence-corrected chi connectivity index (χ1v) is 13.1. The van der Waals surface area contributed by atoms with Crippen molar-refractivity contribution < 1.29 is 23.1 Å². The number of hydrogen-bond donors (Lipinski definition) is 0. The fourth-order valence-corrected chi connectivity index (χ4v) is 4.84. The van der Waals surface area contributed by atoms with Crippen LogP contribution in [0.15, 0.2) is 24.3 Å². The highest BCUT2D eigenvalue weighted by molar-refractivity contribution is 7.72. The highest BCUT2D eigenvalue weighted by Gasteiger charge is 2.37. The predicted molar refractivity (Wildman–Crippen MR) is 123 cm³/mol. The maximum absolute atomic E-state index is 13.6. The first kappa shape index (κ1) is 26.9. The van der Waals surface area contributed by atoms with Gasteiger partial charge in [0.1, 0.15) is 5.75 Å². The third kappa shape index (κ3) is 8.91. The number of rotatable bonds is 17. The molecule has 1 aromatic carbocycles. The van der Waals surface area contributed by atoms with Crippen molar-refractivity contribution in [3.8, 4) is 5.75 Å². The van der Waals surface area contributed by atoms with Gasteiger partial charge in [-0.1, -0.05) is 66.2 Å². The van der Waals surface area contributed by atoms with E-state index in [1.54, 1.807) is 31.4 Å². The van der Waals surface area contributed by atoms with E-state index in [-0.39, 0.29) is 25.0 Å². The fraction of sp³-hybridized carbons (Fsp3) is 0.708. The van der Waals surface area contributed by atoms with Crippen LogP contribution in [0.5, 0.6) is 5.75 Å². The molecule has 0 radical (unpaired) electrons. The molecule has 1 rings (SSSR count). The smallest absolute Gasteiger partial charge is 0.401 e. The highest BCUT2D eigenvalue weighted by Crippen LogP contribution is 2.52. The van der Waals surface area contributed by atoms with Crippen LogP contribution < -0.4 is 4.74 Å². The summed E-state index contributed by atoms with van der Waals surface area (Å²) in [7, 11) is -2.37. The normalized spacial score (nSPS) is 15.4. The third-order valence-electron chi connectivity index (χ3n) is 5.63. The largest absolute Gasteiger partial charge is 0.497 e. The molecule has 0 N–H and O–H groups in total. The second-order valence-corrected chi connectivity index (χ2v) is 9.87. The summed E-state index contributed by atoms with van der Waals surface area (Å²) in [5.41, 5.74) is -0.247. The molecule has 0 heterocycles. The van der Waals surface area contributed by atoms with Crippen molar-refractivity contribution in [2.75, 3.05) is 20.3 Å². The van der Waals surface area contributed by atoms with Gasteiger partial charge in [0.25, 0.3) is 5.52 Å². The Morgan fingerprint density at radius 2 is 1.33 bits per heavy atom. The van der Waals surface area contributed by atoms with Crippen LogP contribution in [-0.4, -0.2) is 25.8 Å². The second kappa shape index (κ2) is 14.8. The van der Waals surface area contributed by atoms with E-state index in [0.717, 1.165) is 51.4 Å². The highest BCUT2D eigenvalue weighted by atomic mass is 31.2. The van der Waals surface area contributed by atoms with Gasteiger partial charge in [-0.2, -0.15) is 0 Å². The molecule has 172 valence electrons. The van der Waals surface area contributed by atoms with Gasteiger partial charge in [-0.3, -0.25) is 9.36 Å². The Hall–Kier alpha value is -1.16. The Balaban J connectivity index is 2.97. The number of carbonyl (C=O) groups excluding carboxylic acids is 1. The zero-order chi connectivity index (χ0) is 22.4. The molecule has 0 aliphatic rings. The standard InChI is InChI=1S/C24H41O5P/c1-6-10-12-20(8-3)18-28-30(26,29-19-21(9-4)13-11-7-2)24(25)22-14-16-23(27-5)17-15-22/h14-17,20-21H,6-13,18-19H2,1-5H3. The molecule has 0 saturated carbocycles. The van der Waals surface area contributed by atoms with Crippen molar-refractivity contribution >= 4 is 13.1 Å². The van der Waals surface area contributed by atoms with Crippen molar-refractivity contribution in [1.29, 1.82) is 0 Å². The van der Waals surface area contributed by atoms with Gasteiger partial charge in [-0.25, -0.2) is 0 Å². The molecule has 6 heteroatoms. The maximum Gasteiger partial charge on any atom is 0.401 e. The van der Waals surface area contributed by atoms with Crippen LogP contribution in [0.4, 0.5) is 0 Å². The zero-order valence-corrected chi connectivity index (χ0v) is 20.4. The van der Waals surface area contributed by atoms with Crippen molar-refractivity contribution in [1.82, 2.24) is 0 Å². The number of unbranched alkanes of at least 4 members (excludes halogenated alkanes) is 2. The molecule has 0 bridgehead atoms. The van der Waals surface area contributed by atoms with E-state index < -0.39 is 13.1 Å². The predicted octanol–water partition coefficient (Wildman–Crippen LogP) is 7.49. The molecule has 5 nitrogen and oxygen atoms in total. The molecule has 2 atom stereocenters. The van der Waals surface area contributed by atoms with Crippen LogP contribution >= 0.6 is 7.60 Å².